The van der Waals surface area contributed by atoms with Crippen LogP contribution in [-0.4, -0.2) is 74.3 Å². The predicted molar refractivity (Wildman–Crippen MR) is 258 cm³/mol. The number of unbranched alkanes of at least 4 members (excludes halogenated alkanes) is 21. The van der Waals surface area contributed by atoms with Crippen molar-refractivity contribution in [3.8, 4) is 0 Å². The minimum atomic E-state index is -4.44. The maximum absolute atomic E-state index is 13.4. The average molecular weight is 878 g/mol. The van der Waals surface area contributed by atoms with Crippen LogP contribution in [0.1, 0.15) is 201 Å². The summed E-state index contributed by atoms with van der Waals surface area (Å²) in [6, 6.07) is -0.859. The van der Waals surface area contributed by atoms with Gasteiger partial charge in [-0.3, -0.25) is 18.6 Å². The van der Waals surface area contributed by atoms with E-state index >= 15 is 0 Å². The SMILES string of the molecule is CC/C=C/C=C/C=C\CCCCCCCC(=O)NC(COP(=O)(O)OCC[N+](C)(C)C)C(/C=C/CCCCCCCCCCC)OC(=O)CCCCCCC/C=C\CCCC. The second-order valence-electron chi connectivity index (χ2n) is 17.7. The van der Waals surface area contributed by atoms with Gasteiger partial charge in [-0.2, -0.15) is 0 Å². The highest BCUT2D eigenvalue weighted by atomic mass is 31.2. The van der Waals surface area contributed by atoms with Gasteiger partial charge in [0.1, 0.15) is 19.3 Å². The molecule has 3 unspecified atom stereocenters. The summed E-state index contributed by atoms with van der Waals surface area (Å²) in [5, 5.41) is 3.01. The minimum Gasteiger partial charge on any atom is -0.456 e. The number of nitrogens with one attached hydrogen (secondary N) is 1. The number of carbonyl (C=O) groups excluding carboxylic acids is 2. The Hall–Kier alpha value is -2.29. The molecule has 61 heavy (non-hydrogen) atoms. The molecule has 0 aliphatic rings. The smallest absolute Gasteiger partial charge is 0.456 e. The summed E-state index contributed by atoms with van der Waals surface area (Å²) in [4.78, 5) is 37.3. The van der Waals surface area contributed by atoms with E-state index in [1.807, 2.05) is 39.4 Å². The Balaban J connectivity index is 5.51. The third-order valence-corrected chi connectivity index (χ3v) is 11.5. The fraction of sp³-hybridized carbons (Fsp3) is 0.765. The number of amides is 1. The molecule has 9 nitrogen and oxygen atoms in total. The van der Waals surface area contributed by atoms with Crippen molar-refractivity contribution in [2.75, 3.05) is 40.9 Å². The molecule has 0 heterocycles. The number of allylic oxidation sites excluding steroid dienone is 9. The van der Waals surface area contributed by atoms with Crippen LogP contribution in [0, 0.1) is 0 Å². The predicted octanol–water partition coefficient (Wildman–Crippen LogP) is 14.0. The first kappa shape index (κ1) is 58.7. The zero-order valence-corrected chi connectivity index (χ0v) is 41.0. The quantitative estimate of drug-likeness (QED) is 0.0157. The summed E-state index contributed by atoms with van der Waals surface area (Å²) < 4.78 is 30.4. The number of hydrogen-bond donors (Lipinski definition) is 2. The molecule has 0 aromatic carbocycles. The van der Waals surface area contributed by atoms with Crippen LogP contribution in [0.4, 0.5) is 0 Å². The molecule has 2 N–H and O–H groups in total. The van der Waals surface area contributed by atoms with E-state index in [0.29, 0.717) is 17.4 Å². The van der Waals surface area contributed by atoms with Gasteiger partial charge in [0.05, 0.1) is 33.8 Å². The van der Waals surface area contributed by atoms with Crippen LogP contribution in [-0.2, 0) is 27.9 Å². The number of esters is 1. The Morgan fingerprint density at radius 3 is 1.66 bits per heavy atom. The van der Waals surface area contributed by atoms with Gasteiger partial charge < -0.3 is 19.4 Å². The fourth-order valence-electron chi connectivity index (χ4n) is 6.62. The van der Waals surface area contributed by atoms with Crippen molar-refractivity contribution < 1.29 is 37.3 Å². The van der Waals surface area contributed by atoms with Gasteiger partial charge >= 0.3 is 13.8 Å². The molecule has 0 aromatic rings. The maximum Gasteiger partial charge on any atom is 0.472 e. The molecule has 10 heteroatoms. The highest BCUT2D eigenvalue weighted by Gasteiger charge is 2.30. The fourth-order valence-corrected chi connectivity index (χ4v) is 7.36. The lowest BCUT2D eigenvalue weighted by atomic mass is 10.1. The molecular weight excluding hydrogens is 784 g/mol. The molecule has 0 saturated carbocycles. The van der Waals surface area contributed by atoms with Crippen LogP contribution in [0.3, 0.4) is 0 Å². The van der Waals surface area contributed by atoms with Gasteiger partial charge in [0.25, 0.3) is 0 Å². The summed E-state index contributed by atoms with van der Waals surface area (Å²) >= 11 is 0. The first-order valence-corrected chi connectivity index (χ1v) is 26.1. The van der Waals surface area contributed by atoms with Gasteiger partial charge in [0.15, 0.2) is 0 Å². The lowest BCUT2D eigenvalue weighted by Crippen LogP contribution is -2.47. The second kappa shape index (κ2) is 41.7. The third-order valence-electron chi connectivity index (χ3n) is 10.5. The number of phosphoric ester groups is 1. The van der Waals surface area contributed by atoms with Crippen molar-refractivity contribution in [3.05, 3.63) is 60.8 Å². The Labute approximate surface area is 375 Å². The highest BCUT2D eigenvalue weighted by molar-refractivity contribution is 7.47. The molecule has 0 aliphatic carbocycles. The number of hydrogen-bond acceptors (Lipinski definition) is 6. The Morgan fingerprint density at radius 2 is 1.08 bits per heavy atom. The second-order valence-corrected chi connectivity index (χ2v) is 19.1. The lowest BCUT2D eigenvalue weighted by molar-refractivity contribution is -0.870. The first-order valence-electron chi connectivity index (χ1n) is 24.6. The summed E-state index contributed by atoms with van der Waals surface area (Å²) in [6.07, 6.45) is 49.3. The van der Waals surface area contributed by atoms with E-state index in [1.54, 1.807) is 0 Å². The van der Waals surface area contributed by atoms with Crippen molar-refractivity contribution in [1.29, 1.82) is 0 Å². The zero-order chi connectivity index (χ0) is 45.1. The Bertz CT molecular complexity index is 1240. The van der Waals surface area contributed by atoms with Gasteiger partial charge in [0.2, 0.25) is 5.91 Å². The van der Waals surface area contributed by atoms with E-state index in [0.717, 1.165) is 109 Å². The van der Waals surface area contributed by atoms with Gasteiger partial charge in [0, 0.05) is 12.8 Å². The number of rotatable bonds is 43. The summed E-state index contributed by atoms with van der Waals surface area (Å²) in [6.45, 7) is 6.78. The number of carbonyl (C=O) groups is 2. The highest BCUT2D eigenvalue weighted by Crippen LogP contribution is 2.43. The van der Waals surface area contributed by atoms with Crippen molar-refractivity contribution in [2.45, 2.75) is 213 Å². The van der Waals surface area contributed by atoms with Crippen molar-refractivity contribution >= 4 is 19.7 Å². The van der Waals surface area contributed by atoms with Crippen LogP contribution in [0.5, 0.6) is 0 Å². The van der Waals surface area contributed by atoms with Crippen molar-refractivity contribution in [3.63, 3.8) is 0 Å². The van der Waals surface area contributed by atoms with E-state index in [9.17, 15) is 19.0 Å². The van der Waals surface area contributed by atoms with E-state index in [-0.39, 0.29) is 31.5 Å². The number of nitrogens with zero attached hydrogens (tertiary/aromatic N) is 1. The van der Waals surface area contributed by atoms with E-state index in [2.05, 4.69) is 68.6 Å². The molecule has 0 saturated heterocycles. The van der Waals surface area contributed by atoms with Crippen molar-refractivity contribution in [1.82, 2.24) is 5.32 Å². The van der Waals surface area contributed by atoms with Crippen molar-refractivity contribution in [2.24, 2.45) is 0 Å². The minimum absolute atomic E-state index is 0.0327. The molecule has 0 rings (SSSR count). The van der Waals surface area contributed by atoms with Gasteiger partial charge in [-0.1, -0.05) is 178 Å². The van der Waals surface area contributed by atoms with Gasteiger partial charge in [-0.25, -0.2) is 4.57 Å². The van der Waals surface area contributed by atoms with E-state index in [4.69, 9.17) is 13.8 Å². The molecule has 0 bridgehead atoms. The molecular formula is C51H94N2O7P+. The molecule has 1 amide bonds. The summed E-state index contributed by atoms with van der Waals surface area (Å²) in [7, 11) is 1.47. The Kier molecular flexibility index (Phi) is 40.1. The monoisotopic (exact) mass is 878 g/mol. The van der Waals surface area contributed by atoms with Crippen LogP contribution in [0.15, 0.2) is 60.8 Å². The average Bonchev–Trinajstić information content (AvgIpc) is 3.21. The number of ether oxygens (including phenoxy) is 1. The lowest BCUT2D eigenvalue weighted by Gasteiger charge is -2.27. The van der Waals surface area contributed by atoms with E-state index < -0.39 is 20.0 Å². The molecule has 0 spiro atoms. The molecule has 0 aliphatic heterocycles. The normalized spacial score (nSPS) is 14.5. The number of phosphoric acid groups is 1. The topological polar surface area (TPSA) is 111 Å². The summed E-state index contributed by atoms with van der Waals surface area (Å²) in [5.74, 6) is -0.547. The van der Waals surface area contributed by atoms with Crippen LogP contribution >= 0.6 is 7.82 Å². The standard InChI is InChI=1S/C51H93N2O7P/c1-7-10-13-16-19-22-25-26-29-31-34-37-40-43-50(54)52-48(47-59-61(56,57)58-46-45-53(4,5)6)49(42-39-36-33-30-27-23-20-17-14-11-8-2)60-51(55)44-41-38-35-32-28-24-21-18-15-12-9-3/h10,13,16,18-19,21-22,25,39,42,48-49H,7-9,11-12,14-15,17,20,23-24,26-38,40-41,43-47H2,1-6H3,(H-,52,54,56,57)/p+1/b13-10+,19-16+,21-18-,25-22-,42-39+. The largest absolute Gasteiger partial charge is 0.472 e. The zero-order valence-electron chi connectivity index (χ0n) is 40.1. The number of likely N-dealkylation sites (N-methyl/N-ethyl adjacent to an activating group) is 1. The van der Waals surface area contributed by atoms with Gasteiger partial charge in [-0.05, 0) is 70.3 Å². The number of quaternary nitrogens is 1. The molecule has 354 valence electrons. The first-order chi connectivity index (χ1) is 29.4. The van der Waals surface area contributed by atoms with Crippen LogP contribution < -0.4 is 5.32 Å². The van der Waals surface area contributed by atoms with Crippen LogP contribution in [0.2, 0.25) is 0 Å². The molecule has 3 atom stereocenters. The maximum atomic E-state index is 13.4. The van der Waals surface area contributed by atoms with Gasteiger partial charge in [-0.15, -0.1) is 0 Å². The summed E-state index contributed by atoms with van der Waals surface area (Å²) in [5.41, 5.74) is 0. The van der Waals surface area contributed by atoms with Crippen LogP contribution in [0.25, 0.3) is 0 Å². The molecule has 0 fully saturated rings. The molecule has 0 radical (unpaired) electrons. The third kappa shape index (κ3) is 42.8. The Morgan fingerprint density at radius 1 is 0.590 bits per heavy atom. The molecule has 0 aromatic heterocycles. The van der Waals surface area contributed by atoms with E-state index in [1.165, 1.54) is 57.8 Å².